The molecule has 1 aliphatic rings. The Morgan fingerprint density at radius 1 is 1.21 bits per heavy atom. The van der Waals surface area contributed by atoms with E-state index in [4.69, 9.17) is 4.52 Å². The summed E-state index contributed by atoms with van der Waals surface area (Å²) in [7, 11) is 0. The maximum Gasteiger partial charge on any atom is 0.226 e. The highest BCUT2D eigenvalue weighted by Gasteiger charge is 2.26. The summed E-state index contributed by atoms with van der Waals surface area (Å²) in [5.74, 6) is 2.36. The molecule has 0 saturated heterocycles. The average Bonchev–Trinajstić information content (AvgIpc) is 2.86. The smallest absolute Gasteiger partial charge is 0.226 e. The quantitative estimate of drug-likeness (QED) is 0.823. The van der Waals surface area contributed by atoms with Gasteiger partial charge in [0, 0.05) is 18.9 Å². The van der Waals surface area contributed by atoms with E-state index in [2.05, 4.69) is 29.3 Å². The van der Waals surface area contributed by atoms with Crippen molar-refractivity contribution < 1.29 is 4.52 Å². The first-order chi connectivity index (χ1) is 9.33. The van der Waals surface area contributed by atoms with Gasteiger partial charge in [-0.1, -0.05) is 31.8 Å². The van der Waals surface area contributed by atoms with E-state index < -0.39 is 0 Å². The summed E-state index contributed by atoms with van der Waals surface area (Å²) < 4.78 is 5.38. The topological polar surface area (TPSA) is 51.0 Å². The lowest BCUT2D eigenvalue weighted by Crippen LogP contribution is -2.39. The number of hydrogen-bond donors (Lipinski definition) is 1. The Balaban J connectivity index is 1.90. The van der Waals surface area contributed by atoms with Gasteiger partial charge in [-0.15, -0.1) is 0 Å². The van der Waals surface area contributed by atoms with Crippen molar-refractivity contribution in [2.24, 2.45) is 5.92 Å². The van der Waals surface area contributed by atoms with Crippen molar-refractivity contribution in [1.82, 2.24) is 15.5 Å². The Labute approximate surface area is 116 Å². The second-order valence-electron chi connectivity index (χ2n) is 5.66. The van der Waals surface area contributed by atoms with Crippen LogP contribution in [0.5, 0.6) is 0 Å². The van der Waals surface area contributed by atoms with E-state index in [0.29, 0.717) is 12.0 Å². The minimum Gasteiger partial charge on any atom is -0.339 e. The van der Waals surface area contributed by atoms with E-state index in [1.165, 1.54) is 32.1 Å². The van der Waals surface area contributed by atoms with Crippen molar-refractivity contribution in [3.05, 3.63) is 11.7 Å². The van der Waals surface area contributed by atoms with Gasteiger partial charge in [0.05, 0.1) is 0 Å². The first-order valence-electron chi connectivity index (χ1n) is 7.88. The largest absolute Gasteiger partial charge is 0.339 e. The summed E-state index contributed by atoms with van der Waals surface area (Å²) >= 11 is 0. The van der Waals surface area contributed by atoms with Gasteiger partial charge in [0.25, 0.3) is 0 Å². The molecule has 0 aromatic carbocycles. The van der Waals surface area contributed by atoms with Gasteiger partial charge in [-0.05, 0) is 38.1 Å². The summed E-state index contributed by atoms with van der Waals surface area (Å²) in [6.45, 7) is 5.48. The molecule has 1 aromatic rings. The van der Waals surface area contributed by atoms with Gasteiger partial charge in [-0.2, -0.15) is 4.98 Å². The molecule has 4 nitrogen and oxygen atoms in total. The molecule has 108 valence electrons. The number of aromatic nitrogens is 2. The Morgan fingerprint density at radius 2 is 2.05 bits per heavy atom. The Morgan fingerprint density at radius 3 is 2.84 bits per heavy atom. The number of hydrogen-bond acceptors (Lipinski definition) is 4. The van der Waals surface area contributed by atoms with Crippen molar-refractivity contribution in [1.29, 1.82) is 0 Å². The molecular weight excluding hydrogens is 238 g/mol. The molecule has 0 amide bonds. The molecule has 0 spiro atoms. The zero-order valence-electron chi connectivity index (χ0n) is 12.3. The molecule has 0 radical (unpaired) electrons. The lowest BCUT2D eigenvalue weighted by Gasteiger charge is -2.31. The van der Waals surface area contributed by atoms with Crippen LogP contribution in [0.2, 0.25) is 0 Å². The predicted octanol–water partition coefficient (Wildman–Crippen LogP) is 3.12. The maximum atomic E-state index is 5.38. The molecule has 1 aliphatic carbocycles. The van der Waals surface area contributed by atoms with Gasteiger partial charge in [-0.25, -0.2) is 0 Å². The van der Waals surface area contributed by atoms with Crippen molar-refractivity contribution >= 4 is 0 Å². The van der Waals surface area contributed by atoms with Gasteiger partial charge < -0.3 is 9.84 Å². The molecule has 1 N–H and O–H groups in total. The summed E-state index contributed by atoms with van der Waals surface area (Å²) in [5.41, 5.74) is 0. The summed E-state index contributed by atoms with van der Waals surface area (Å²) in [5, 5.41) is 7.74. The molecule has 4 heteroatoms. The number of aryl methyl sites for hydroxylation is 1. The van der Waals surface area contributed by atoms with Crippen LogP contribution in [0.25, 0.3) is 0 Å². The molecule has 2 rings (SSSR count). The van der Waals surface area contributed by atoms with Crippen LogP contribution in [0.1, 0.15) is 64.1 Å². The van der Waals surface area contributed by atoms with Crippen LogP contribution in [0.3, 0.4) is 0 Å². The molecule has 2 unspecified atom stereocenters. The normalized spacial score (nSPS) is 23.7. The summed E-state index contributed by atoms with van der Waals surface area (Å²) in [6, 6.07) is 0.634. The Kier molecular flexibility index (Phi) is 5.83. The number of rotatable bonds is 7. The molecule has 0 aliphatic heterocycles. The highest BCUT2D eigenvalue weighted by molar-refractivity contribution is 4.92. The van der Waals surface area contributed by atoms with Gasteiger partial charge in [0.1, 0.15) is 0 Å². The van der Waals surface area contributed by atoms with Crippen molar-refractivity contribution in [3.8, 4) is 0 Å². The highest BCUT2D eigenvalue weighted by atomic mass is 16.5. The van der Waals surface area contributed by atoms with E-state index >= 15 is 0 Å². The fraction of sp³-hybridized carbons (Fsp3) is 0.867. The van der Waals surface area contributed by atoms with E-state index in [9.17, 15) is 0 Å². The van der Waals surface area contributed by atoms with Gasteiger partial charge >= 0.3 is 0 Å². The van der Waals surface area contributed by atoms with Crippen LogP contribution in [0.4, 0.5) is 0 Å². The fourth-order valence-electron chi connectivity index (χ4n) is 2.97. The second kappa shape index (κ2) is 7.63. The molecule has 0 bridgehead atoms. The zero-order valence-corrected chi connectivity index (χ0v) is 12.3. The van der Waals surface area contributed by atoms with Crippen LogP contribution in [0, 0.1) is 5.92 Å². The average molecular weight is 265 g/mol. The zero-order chi connectivity index (χ0) is 13.5. The number of nitrogens with zero attached hydrogens (tertiary/aromatic N) is 2. The molecule has 1 heterocycles. The third kappa shape index (κ3) is 4.30. The monoisotopic (exact) mass is 265 g/mol. The van der Waals surface area contributed by atoms with Gasteiger partial charge in [0.15, 0.2) is 5.82 Å². The highest BCUT2D eigenvalue weighted by Crippen LogP contribution is 2.27. The fourth-order valence-corrected chi connectivity index (χ4v) is 2.97. The van der Waals surface area contributed by atoms with E-state index in [0.717, 1.165) is 37.5 Å². The summed E-state index contributed by atoms with van der Waals surface area (Å²) in [4.78, 5) is 4.50. The molecular formula is C15H27N3O. The third-order valence-corrected chi connectivity index (χ3v) is 3.99. The molecule has 1 saturated carbocycles. The van der Waals surface area contributed by atoms with Crippen LogP contribution in [-0.4, -0.2) is 22.7 Å². The first kappa shape index (κ1) is 14.5. The van der Waals surface area contributed by atoms with Crippen LogP contribution in [0.15, 0.2) is 4.52 Å². The Hall–Kier alpha value is -0.900. The molecule has 1 aromatic heterocycles. The first-order valence-corrected chi connectivity index (χ1v) is 7.88. The van der Waals surface area contributed by atoms with Gasteiger partial charge in [0.2, 0.25) is 5.89 Å². The van der Waals surface area contributed by atoms with Crippen LogP contribution >= 0.6 is 0 Å². The van der Waals surface area contributed by atoms with E-state index in [1.54, 1.807) is 0 Å². The van der Waals surface area contributed by atoms with Crippen LogP contribution in [-0.2, 0) is 12.8 Å². The summed E-state index contributed by atoms with van der Waals surface area (Å²) in [6.07, 6.45) is 9.40. The van der Waals surface area contributed by atoms with Gasteiger partial charge in [-0.3, -0.25) is 0 Å². The molecule has 19 heavy (non-hydrogen) atoms. The SMILES string of the molecule is CCCNC1CCCCC1Cc1nc(CCC)no1. The second-order valence-corrected chi connectivity index (χ2v) is 5.66. The standard InChI is InChI=1S/C15H27N3O/c1-3-7-14-17-15(19-18-14)11-12-8-5-6-9-13(12)16-10-4-2/h12-13,16H,3-11H2,1-2H3. The van der Waals surface area contributed by atoms with Crippen molar-refractivity contribution in [3.63, 3.8) is 0 Å². The molecule has 1 fully saturated rings. The van der Waals surface area contributed by atoms with E-state index in [-0.39, 0.29) is 0 Å². The lowest BCUT2D eigenvalue weighted by molar-refractivity contribution is 0.239. The minimum atomic E-state index is 0.634. The van der Waals surface area contributed by atoms with Crippen molar-refractivity contribution in [2.45, 2.75) is 71.3 Å². The lowest BCUT2D eigenvalue weighted by atomic mass is 9.82. The number of nitrogens with one attached hydrogen (secondary N) is 1. The predicted molar refractivity (Wildman–Crippen MR) is 76.0 cm³/mol. The molecule has 2 atom stereocenters. The van der Waals surface area contributed by atoms with E-state index in [1.807, 2.05) is 0 Å². The minimum absolute atomic E-state index is 0.634. The Bertz CT molecular complexity index is 364. The van der Waals surface area contributed by atoms with Crippen LogP contribution < -0.4 is 5.32 Å². The van der Waals surface area contributed by atoms with Crippen molar-refractivity contribution in [2.75, 3.05) is 6.54 Å². The maximum absolute atomic E-state index is 5.38. The third-order valence-electron chi connectivity index (χ3n) is 3.99.